The fourth-order valence-electron chi connectivity index (χ4n) is 5.50. The summed E-state index contributed by atoms with van der Waals surface area (Å²) in [6.45, 7) is 7.88. The lowest BCUT2D eigenvalue weighted by molar-refractivity contribution is 0.211. The molecule has 0 amide bonds. The second kappa shape index (κ2) is 10.0. The monoisotopic (exact) mass is 507 g/mol. The number of fused-ring (bicyclic) bond motifs is 1. The summed E-state index contributed by atoms with van der Waals surface area (Å²) >= 11 is 6.15. The number of benzene rings is 3. The number of piperazine rings is 1. The van der Waals surface area contributed by atoms with Crippen molar-refractivity contribution in [1.29, 1.82) is 0 Å². The number of nitrogens with zero attached hydrogens (tertiary/aromatic N) is 5. The van der Waals surface area contributed by atoms with E-state index in [-0.39, 0.29) is 6.04 Å². The van der Waals surface area contributed by atoms with Crippen LogP contribution < -0.4 is 4.90 Å². The Hall–Kier alpha value is -3.67. The zero-order valence-electron chi connectivity index (χ0n) is 21.2. The molecule has 1 aliphatic rings. The van der Waals surface area contributed by atoms with Crippen LogP contribution in [0.1, 0.15) is 28.6 Å². The number of hydrogen-bond acceptors (Lipinski definition) is 4. The Morgan fingerprint density at radius 3 is 1.95 bits per heavy atom. The maximum atomic E-state index is 6.15. The van der Waals surface area contributed by atoms with Gasteiger partial charge in [0.1, 0.15) is 5.82 Å². The molecule has 186 valence electrons. The molecular weight excluding hydrogens is 478 g/mol. The van der Waals surface area contributed by atoms with E-state index in [1.165, 1.54) is 11.1 Å². The van der Waals surface area contributed by atoms with Crippen molar-refractivity contribution in [3.05, 3.63) is 119 Å². The van der Waals surface area contributed by atoms with Crippen LogP contribution in [-0.4, -0.2) is 45.7 Å². The van der Waals surface area contributed by atoms with E-state index in [0.29, 0.717) is 0 Å². The summed E-state index contributed by atoms with van der Waals surface area (Å²) in [5.41, 5.74) is 7.66. The molecule has 3 aromatic carbocycles. The fourth-order valence-corrected chi connectivity index (χ4v) is 5.63. The summed E-state index contributed by atoms with van der Waals surface area (Å²) in [6.07, 6.45) is 0. The molecule has 1 fully saturated rings. The SMILES string of the molecule is Cc1cc(N2CCN(C(c3ccccc3)c3ccccc3)CC2)n2nc(C)c(-c3ccc(Cl)cc3)c2n1. The lowest BCUT2D eigenvalue weighted by atomic mass is 9.96. The number of aromatic nitrogens is 3. The minimum Gasteiger partial charge on any atom is -0.354 e. The van der Waals surface area contributed by atoms with Gasteiger partial charge < -0.3 is 4.90 Å². The van der Waals surface area contributed by atoms with Gasteiger partial charge in [-0.05, 0) is 42.7 Å². The summed E-state index contributed by atoms with van der Waals surface area (Å²) in [4.78, 5) is 9.95. The van der Waals surface area contributed by atoms with E-state index >= 15 is 0 Å². The van der Waals surface area contributed by atoms with Gasteiger partial charge in [-0.25, -0.2) is 4.98 Å². The highest BCUT2D eigenvalue weighted by Crippen LogP contribution is 2.33. The quantitative estimate of drug-likeness (QED) is 0.269. The Kier molecular flexibility index (Phi) is 6.41. The van der Waals surface area contributed by atoms with Gasteiger partial charge in [-0.1, -0.05) is 84.4 Å². The van der Waals surface area contributed by atoms with Crippen molar-refractivity contribution in [2.75, 3.05) is 31.1 Å². The smallest absolute Gasteiger partial charge is 0.165 e. The number of anilines is 1. The number of aryl methyl sites for hydroxylation is 2. The van der Waals surface area contributed by atoms with Crippen LogP contribution >= 0.6 is 11.6 Å². The zero-order chi connectivity index (χ0) is 25.4. The molecule has 6 heteroatoms. The Morgan fingerprint density at radius 1 is 0.757 bits per heavy atom. The van der Waals surface area contributed by atoms with Crippen molar-refractivity contribution in [3.8, 4) is 11.1 Å². The normalized spacial score (nSPS) is 14.5. The van der Waals surface area contributed by atoms with Gasteiger partial charge in [-0.2, -0.15) is 9.61 Å². The topological polar surface area (TPSA) is 36.7 Å². The molecule has 37 heavy (non-hydrogen) atoms. The Bertz CT molecular complexity index is 1470. The molecule has 0 spiro atoms. The predicted molar refractivity (Wildman–Crippen MR) is 151 cm³/mol. The van der Waals surface area contributed by atoms with Gasteiger partial charge in [0.15, 0.2) is 5.65 Å². The van der Waals surface area contributed by atoms with Crippen molar-refractivity contribution < 1.29 is 0 Å². The van der Waals surface area contributed by atoms with Gasteiger partial charge in [0.2, 0.25) is 0 Å². The van der Waals surface area contributed by atoms with Crippen molar-refractivity contribution in [2.24, 2.45) is 0 Å². The first-order valence-electron chi connectivity index (χ1n) is 12.8. The first-order chi connectivity index (χ1) is 18.1. The third kappa shape index (κ3) is 4.61. The molecule has 5 nitrogen and oxygen atoms in total. The lowest BCUT2D eigenvalue weighted by Crippen LogP contribution is -2.48. The van der Waals surface area contributed by atoms with E-state index in [0.717, 1.165) is 65.2 Å². The van der Waals surface area contributed by atoms with Crippen molar-refractivity contribution in [1.82, 2.24) is 19.5 Å². The van der Waals surface area contributed by atoms with Crippen LogP contribution in [0.15, 0.2) is 91.0 Å². The predicted octanol–water partition coefficient (Wildman–Crippen LogP) is 6.58. The average molecular weight is 508 g/mol. The summed E-state index contributed by atoms with van der Waals surface area (Å²) in [5, 5.41) is 5.67. The molecule has 0 bridgehead atoms. The second-order valence-electron chi connectivity index (χ2n) is 9.71. The fraction of sp³-hybridized carbons (Fsp3) is 0.226. The molecule has 2 aromatic heterocycles. The average Bonchev–Trinajstić information content (AvgIpc) is 3.26. The van der Waals surface area contributed by atoms with Gasteiger partial charge in [0.25, 0.3) is 0 Å². The number of halogens is 1. The highest BCUT2D eigenvalue weighted by atomic mass is 35.5. The third-order valence-corrected chi connectivity index (χ3v) is 7.49. The van der Waals surface area contributed by atoms with Gasteiger partial charge in [0.05, 0.1) is 11.7 Å². The molecule has 0 saturated carbocycles. The molecule has 1 aliphatic heterocycles. The van der Waals surface area contributed by atoms with Gasteiger partial charge >= 0.3 is 0 Å². The van der Waals surface area contributed by atoms with Crippen molar-refractivity contribution in [3.63, 3.8) is 0 Å². The molecule has 3 heterocycles. The van der Waals surface area contributed by atoms with E-state index in [9.17, 15) is 0 Å². The lowest BCUT2D eigenvalue weighted by Gasteiger charge is -2.40. The Balaban J connectivity index is 1.31. The first kappa shape index (κ1) is 23.7. The zero-order valence-corrected chi connectivity index (χ0v) is 21.9. The summed E-state index contributed by atoms with van der Waals surface area (Å²) in [7, 11) is 0. The maximum Gasteiger partial charge on any atom is 0.165 e. The largest absolute Gasteiger partial charge is 0.354 e. The summed E-state index contributed by atoms with van der Waals surface area (Å²) < 4.78 is 2.02. The van der Waals surface area contributed by atoms with Crippen LogP contribution in [0.5, 0.6) is 0 Å². The van der Waals surface area contributed by atoms with Crippen LogP contribution in [0.3, 0.4) is 0 Å². The third-order valence-electron chi connectivity index (χ3n) is 7.24. The van der Waals surface area contributed by atoms with Gasteiger partial charge in [-0.3, -0.25) is 4.90 Å². The molecule has 0 N–H and O–H groups in total. The van der Waals surface area contributed by atoms with E-state index in [1.54, 1.807) is 0 Å². The second-order valence-corrected chi connectivity index (χ2v) is 10.1. The van der Waals surface area contributed by atoms with E-state index in [1.807, 2.05) is 28.8 Å². The number of hydrogen-bond donors (Lipinski definition) is 0. The molecule has 5 aromatic rings. The van der Waals surface area contributed by atoms with Crippen LogP contribution in [0, 0.1) is 13.8 Å². The molecule has 1 saturated heterocycles. The van der Waals surface area contributed by atoms with Crippen LogP contribution in [0.2, 0.25) is 5.02 Å². The minimum atomic E-state index is 0.243. The van der Waals surface area contributed by atoms with Crippen molar-refractivity contribution in [2.45, 2.75) is 19.9 Å². The molecule has 0 radical (unpaired) electrons. The molecule has 0 unspecified atom stereocenters. The Labute approximate surface area is 223 Å². The first-order valence-corrected chi connectivity index (χ1v) is 13.2. The van der Waals surface area contributed by atoms with Crippen LogP contribution in [0.4, 0.5) is 5.82 Å². The van der Waals surface area contributed by atoms with E-state index < -0.39 is 0 Å². The molecule has 0 atom stereocenters. The molecule has 0 aliphatic carbocycles. The maximum absolute atomic E-state index is 6.15. The number of rotatable bonds is 5. The highest BCUT2D eigenvalue weighted by Gasteiger charge is 2.28. The molecule has 6 rings (SSSR count). The van der Waals surface area contributed by atoms with Gasteiger partial charge in [-0.15, -0.1) is 0 Å². The summed E-state index contributed by atoms with van der Waals surface area (Å²) in [5.74, 6) is 1.10. The minimum absolute atomic E-state index is 0.243. The van der Waals surface area contributed by atoms with E-state index in [4.69, 9.17) is 21.7 Å². The van der Waals surface area contributed by atoms with Crippen molar-refractivity contribution >= 4 is 23.1 Å². The molecular formula is C31H30ClN5. The van der Waals surface area contributed by atoms with Crippen LogP contribution in [0.25, 0.3) is 16.8 Å². The van der Waals surface area contributed by atoms with Gasteiger partial charge in [0, 0.05) is 48.5 Å². The highest BCUT2D eigenvalue weighted by molar-refractivity contribution is 6.30. The standard InChI is InChI=1S/C31H30ClN5/c1-22-21-28(37-31(33-22)29(23(2)34-37)24-13-15-27(32)16-14-24)35-17-19-36(20-18-35)30(25-9-5-3-6-10-25)26-11-7-4-8-12-26/h3-16,21,30H,17-20H2,1-2H3. The van der Waals surface area contributed by atoms with Crippen LogP contribution in [-0.2, 0) is 0 Å². The van der Waals surface area contributed by atoms with E-state index in [2.05, 4.69) is 90.4 Å². The summed E-state index contributed by atoms with van der Waals surface area (Å²) in [6, 6.07) is 32.0. The Morgan fingerprint density at radius 2 is 1.35 bits per heavy atom.